The summed E-state index contributed by atoms with van der Waals surface area (Å²) in [6.07, 6.45) is 2.52. The normalized spacial score (nSPS) is 59.9. The van der Waals surface area contributed by atoms with E-state index in [0.29, 0.717) is 12.8 Å². The SMILES string of the molecule is C=CC[C@]1(O)[C@H]2O[C@H]3[C@@H](OC)C[C@]1(C)O[C@]32C. The summed E-state index contributed by atoms with van der Waals surface area (Å²) in [7, 11) is 1.69. The zero-order valence-corrected chi connectivity index (χ0v) is 10.6. The van der Waals surface area contributed by atoms with Gasteiger partial charge in [-0.3, -0.25) is 0 Å². The van der Waals surface area contributed by atoms with E-state index in [-0.39, 0.29) is 18.3 Å². The van der Waals surface area contributed by atoms with Crippen molar-refractivity contribution in [3.63, 3.8) is 0 Å². The first-order valence-corrected chi connectivity index (χ1v) is 6.13. The highest BCUT2D eigenvalue weighted by Crippen LogP contribution is 2.63. The van der Waals surface area contributed by atoms with Gasteiger partial charge in [-0.25, -0.2) is 0 Å². The fraction of sp³-hybridized carbons (Fsp3) is 0.846. The van der Waals surface area contributed by atoms with E-state index < -0.39 is 16.8 Å². The van der Waals surface area contributed by atoms with Crippen molar-refractivity contribution >= 4 is 0 Å². The molecule has 4 heteroatoms. The Morgan fingerprint density at radius 1 is 1.53 bits per heavy atom. The van der Waals surface area contributed by atoms with Crippen LogP contribution in [0.25, 0.3) is 0 Å². The van der Waals surface area contributed by atoms with Crippen LogP contribution in [0, 0.1) is 0 Å². The molecular formula is C13H20O4. The van der Waals surface area contributed by atoms with E-state index in [1.165, 1.54) is 0 Å². The summed E-state index contributed by atoms with van der Waals surface area (Å²) >= 11 is 0. The van der Waals surface area contributed by atoms with Crippen molar-refractivity contribution < 1.29 is 19.3 Å². The molecule has 2 bridgehead atoms. The lowest BCUT2D eigenvalue weighted by Crippen LogP contribution is -2.70. The fourth-order valence-corrected chi connectivity index (χ4v) is 3.96. The van der Waals surface area contributed by atoms with Crippen LogP contribution in [0.2, 0.25) is 0 Å². The summed E-state index contributed by atoms with van der Waals surface area (Å²) in [6, 6.07) is 0. The molecule has 3 aliphatic rings. The molecule has 0 aromatic rings. The smallest absolute Gasteiger partial charge is 0.126 e. The molecule has 0 amide bonds. The Labute approximate surface area is 102 Å². The van der Waals surface area contributed by atoms with Crippen LogP contribution in [0.15, 0.2) is 12.7 Å². The minimum Gasteiger partial charge on any atom is -0.384 e. The number of hydrogen-bond acceptors (Lipinski definition) is 4. The number of rotatable bonds is 3. The number of fused-ring (bicyclic) bond motifs is 1. The van der Waals surface area contributed by atoms with Gasteiger partial charge in [0.2, 0.25) is 0 Å². The summed E-state index contributed by atoms with van der Waals surface area (Å²) < 4.78 is 17.5. The van der Waals surface area contributed by atoms with Crippen molar-refractivity contribution in [2.75, 3.05) is 7.11 Å². The summed E-state index contributed by atoms with van der Waals surface area (Å²) in [4.78, 5) is 0. The predicted octanol–water partition coefficient (Wildman–Crippen LogP) is 1.03. The molecule has 3 rings (SSSR count). The van der Waals surface area contributed by atoms with E-state index in [2.05, 4.69) is 6.58 Å². The van der Waals surface area contributed by atoms with Crippen LogP contribution in [0.5, 0.6) is 0 Å². The highest BCUT2D eigenvalue weighted by Gasteiger charge is 2.80. The van der Waals surface area contributed by atoms with Crippen LogP contribution in [0.1, 0.15) is 26.7 Å². The molecule has 3 aliphatic heterocycles. The van der Waals surface area contributed by atoms with E-state index in [0.717, 1.165) is 0 Å². The van der Waals surface area contributed by atoms with Crippen LogP contribution < -0.4 is 0 Å². The van der Waals surface area contributed by atoms with Gasteiger partial charge in [-0.2, -0.15) is 0 Å². The zero-order chi connectivity index (χ0) is 12.5. The maximum atomic E-state index is 10.9. The fourth-order valence-electron chi connectivity index (χ4n) is 3.96. The van der Waals surface area contributed by atoms with Crippen LogP contribution in [0.3, 0.4) is 0 Å². The van der Waals surface area contributed by atoms with Crippen LogP contribution in [0.4, 0.5) is 0 Å². The van der Waals surface area contributed by atoms with Gasteiger partial charge in [-0.15, -0.1) is 6.58 Å². The summed E-state index contributed by atoms with van der Waals surface area (Å²) in [6.45, 7) is 7.69. The average Bonchev–Trinajstić information content (AvgIpc) is 2.34. The lowest BCUT2D eigenvalue weighted by atomic mass is 9.75. The Balaban J connectivity index is 2.04. The van der Waals surface area contributed by atoms with Crippen molar-refractivity contribution in [1.29, 1.82) is 0 Å². The van der Waals surface area contributed by atoms with Crippen LogP contribution in [-0.2, 0) is 14.2 Å². The Morgan fingerprint density at radius 3 is 2.82 bits per heavy atom. The van der Waals surface area contributed by atoms with E-state index >= 15 is 0 Å². The predicted molar refractivity (Wildman–Crippen MR) is 61.7 cm³/mol. The first-order valence-electron chi connectivity index (χ1n) is 6.13. The molecule has 0 aromatic heterocycles. The zero-order valence-electron chi connectivity index (χ0n) is 10.6. The number of ether oxygens (including phenoxy) is 3. The Morgan fingerprint density at radius 2 is 2.24 bits per heavy atom. The summed E-state index contributed by atoms with van der Waals surface area (Å²) in [5.74, 6) is 0. The Bertz CT molecular complexity index is 370. The van der Waals surface area contributed by atoms with Gasteiger partial charge in [-0.1, -0.05) is 6.08 Å². The minimum atomic E-state index is -0.993. The minimum absolute atomic E-state index is 0.00570. The van der Waals surface area contributed by atoms with Crippen molar-refractivity contribution in [3.8, 4) is 0 Å². The Kier molecular flexibility index (Phi) is 2.14. The lowest BCUT2D eigenvalue weighted by molar-refractivity contribution is -0.329. The van der Waals surface area contributed by atoms with Gasteiger partial charge in [0, 0.05) is 13.5 Å². The van der Waals surface area contributed by atoms with Crippen molar-refractivity contribution in [2.24, 2.45) is 0 Å². The monoisotopic (exact) mass is 240 g/mol. The van der Waals surface area contributed by atoms with E-state index in [1.54, 1.807) is 13.2 Å². The quantitative estimate of drug-likeness (QED) is 0.748. The maximum absolute atomic E-state index is 10.9. The number of methoxy groups -OCH3 is 1. The Hall–Kier alpha value is -0.420. The van der Waals surface area contributed by atoms with Gasteiger partial charge < -0.3 is 19.3 Å². The van der Waals surface area contributed by atoms with E-state index in [4.69, 9.17) is 14.2 Å². The van der Waals surface area contributed by atoms with Gasteiger partial charge >= 0.3 is 0 Å². The van der Waals surface area contributed by atoms with Crippen LogP contribution >= 0.6 is 0 Å². The van der Waals surface area contributed by atoms with E-state index in [9.17, 15) is 5.11 Å². The molecule has 1 N–H and O–H groups in total. The van der Waals surface area contributed by atoms with Crippen molar-refractivity contribution in [1.82, 2.24) is 0 Å². The summed E-state index contributed by atoms with van der Waals surface area (Å²) in [5.41, 5.74) is -2.03. The van der Waals surface area contributed by atoms with Gasteiger partial charge in [0.25, 0.3) is 0 Å². The second-order valence-corrected chi connectivity index (χ2v) is 5.85. The molecule has 17 heavy (non-hydrogen) atoms. The standard InChI is InChI=1S/C13H20O4/c1-5-6-13(14)10-12(3)9(16-10)8(15-4)7-11(13,2)17-12/h5,8-10,14H,1,6-7H2,2-4H3/t8-,9-,10-,11-,12+,13-/m0/s1. The van der Waals surface area contributed by atoms with Gasteiger partial charge in [0.05, 0.1) is 6.10 Å². The highest BCUT2D eigenvalue weighted by molar-refractivity contribution is 5.29. The molecule has 96 valence electrons. The summed E-state index contributed by atoms with van der Waals surface area (Å²) in [5, 5.41) is 10.9. The average molecular weight is 240 g/mol. The topological polar surface area (TPSA) is 47.9 Å². The molecule has 3 heterocycles. The van der Waals surface area contributed by atoms with Crippen LogP contribution in [-0.4, -0.2) is 47.3 Å². The maximum Gasteiger partial charge on any atom is 0.126 e. The third kappa shape index (κ3) is 1.08. The van der Waals surface area contributed by atoms with Gasteiger partial charge in [-0.05, 0) is 20.3 Å². The second-order valence-electron chi connectivity index (χ2n) is 5.85. The molecule has 3 fully saturated rings. The van der Waals surface area contributed by atoms with Crippen molar-refractivity contribution in [2.45, 2.75) is 61.8 Å². The molecule has 4 nitrogen and oxygen atoms in total. The van der Waals surface area contributed by atoms with Gasteiger partial charge in [0.15, 0.2) is 0 Å². The molecule has 0 unspecified atom stereocenters. The third-order valence-corrected chi connectivity index (χ3v) is 4.85. The lowest BCUT2D eigenvalue weighted by Gasteiger charge is -2.53. The number of aliphatic hydroxyl groups is 1. The molecular weight excluding hydrogens is 220 g/mol. The molecule has 0 radical (unpaired) electrons. The molecule has 0 spiro atoms. The molecule has 3 saturated heterocycles. The molecule has 0 saturated carbocycles. The van der Waals surface area contributed by atoms with Crippen molar-refractivity contribution in [3.05, 3.63) is 12.7 Å². The number of hydrogen-bond donors (Lipinski definition) is 1. The largest absolute Gasteiger partial charge is 0.384 e. The second kappa shape index (κ2) is 3.12. The molecule has 0 aromatic carbocycles. The molecule has 0 aliphatic carbocycles. The third-order valence-electron chi connectivity index (χ3n) is 4.85. The van der Waals surface area contributed by atoms with E-state index in [1.807, 2.05) is 13.8 Å². The highest BCUT2D eigenvalue weighted by atomic mass is 16.7. The first-order chi connectivity index (χ1) is 7.91. The molecule has 6 atom stereocenters. The first kappa shape index (κ1) is 11.7. The van der Waals surface area contributed by atoms with Gasteiger partial charge in [0.1, 0.15) is 29.0 Å².